The van der Waals surface area contributed by atoms with Crippen molar-refractivity contribution in [2.45, 2.75) is 19.6 Å². The third-order valence-corrected chi connectivity index (χ3v) is 4.85. The SMILES string of the molecule is COc1cc(Br)c(CC(=O)OCc2nc3ccccc3n2C(F)F)cc1OC. The average molecular weight is 455 g/mol. The molecule has 0 amide bonds. The quantitative estimate of drug-likeness (QED) is 0.492. The summed E-state index contributed by atoms with van der Waals surface area (Å²) in [6, 6.07) is 9.85. The highest BCUT2D eigenvalue weighted by molar-refractivity contribution is 9.10. The second-order valence-electron chi connectivity index (χ2n) is 5.80. The highest BCUT2D eigenvalue weighted by atomic mass is 79.9. The zero-order valence-electron chi connectivity index (χ0n) is 15.1. The number of hydrogen-bond donors (Lipinski definition) is 0. The molecule has 0 N–H and O–H groups in total. The van der Waals surface area contributed by atoms with Crippen molar-refractivity contribution in [2.24, 2.45) is 0 Å². The zero-order valence-corrected chi connectivity index (χ0v) is 16.7. The van der Waals surface area contributed by atoms with Crippen LogP contribution in [0.3, 0.4) is 0 Å². The highest BCUT2D eigenvalue weighted by Crippen LogP contribution is 2.33. The Bertz CT molecular complexity index is 1010. The van der Waals surface area contributed by atoms with Gasteiger partial charge in [-0.3, -0.25) is 9.36 Å². The lowest BCUT2D eigenvalue weighted by molar-refractivity contribution is -0.144. The Morgan fingerprint density at radius 3 is 2.54 bits per heavy atom. The van der Waals surface area contributed by atoms with E-state index in [4.69, 9.17) is 14.2 Å². The molecule has 0 fully saturated rings. The monoisotopic (exact) mass is 454 g/mol. The number of methoxy groups -OCH3 is 2. The van der Waals surface area contributed by atoms with Crippen molar-refractivity contribution >= 4 is 32.9 Å². The molecular formula is C19H17BrF2N2O4. The predicted molar refractivity (Wildman–Crippen MR) is 102 cm³/mol. The second-order valence-corrected chi connectivity index (χ2v) is 6.65. The van der Waals surface area contributed by atoms with Gasteiger partial charge >= 0.3 is 12.5 Å². The smallest absolute Gasteiger partial charge is 0.320 e. The number of carbonyl (C=O) groups excluding carboxylic acids is 1. The minimum atomic E-state index is -2.79. The number of halogens is 3. The van der Waals surface area contributed by atoms with E-state index in [1.807, 2.05) is 0 Å². The summed E-state index contributed by atoms with van der Waals surface area (Å²) in [5.74, 6) is 0.377. The Morgan fingerprint density at radius 2 is 1.86 bits per heavy atom. The third kappa shape index (κ3) is 4.09. The molecule has 1 heterocycles. The van der Waals surface area contributed by atoms with Crippen LogP contribution in [0.5, 0.6) is 11.5 Å². The second kappa shape index (κ2) is 8.55. The molecular weight excluding hydrogens is 438 g/mol. The van der Waals surface area contributed by atoms with E-state index < -0.39 is 12.5 Å². The molecule has 28 heavy (non-hydrogen) atoms. The van der Waals surface area contributed by atoms with Crippen LogP contribution in [0.4, 0.5) is 8.78 Å². The maximum absolute atomic E-state index is 13.4. The number of esters is 1. The average Bonchev–Trinajstić information content (AvgIpc) is 3.06. The molecule has 9 heteroatoms. The van der Waals surface area contributed by atoms with E-state index in [2.05, 4.69) is 20.9 Å². The summed E-state index contributed by atoms with van der Waals surface area (Å²) in [5.41, 5.74) is 1.31. The first-order valence-electron chi connectivity index (χ1n) is 8.24. The number of nitrogens with zero attached hydrogens (tertiary/aromatic N) is 2. The molecule has 0 aliphatic carbocycles. The van der Waals surface area contributed by atoms with Crippen LogP contribution in [0, 0.1) is 0 Å². The summed E-state index contributed by atoms with van der Waals surface area (Å²) < 4.78 is 43.8. The molecule has 148 valence electrons. The van der Waals surface area contributed by atoms with Crippen molar-refractivity contribution < 1.29 is 27.8 Å². The molecule has 3 rings (SSSR count). The first-order valence-corrected chi connectivity index (χ1v) is 9.04. The van der Waals surface area contributed by atoms with Crippen molar-refractivity contribution in [2.75, 3.05) is 14.2 Å². The van der Waals surface area contributed by atoms with Gasteiger partial charge in [0.1, 0.15) is 6.61 Å². The Balaban J connectivity index is 1.75. The van der Waals surface area contributed by atoms with E-state index in [1.54, 1.807) is 36.4 Å². The lowest BCUT2D eigenvalue weighted by Gasteiger charge is -2.12. The molecule has 0 atom stereocenters. The Kier molecular flexibility index (Phi) is 6.13. The van der Waals surface area contributed by atoms with E-state index in [0.29, 0.717) is 27.1 Å². The fourth-order valence-electron chi connectivity index (χ4n) is 2.80. The van der Waals surface area contributed by atoms with Crippen LogP contribution in [0.15, 0.2) is 40.9 Å². The van der Waals surface area contributed by atoms with Crippen LogP contribution in [-0.2, 0) is 22.6 Å². The van der Waals surface area contributed by atoms with E-state index >= 15 is 0 Å². The molecule has 0 radical (unpaired) electrons. The minimum absolute atomic E-state index is 0.0177. The van der Waals surface area contributed by atoms with Crippen LogP contribution in [-0.4, -0.2) is 29.7 Å². The minimum Gasteiger partial charge on any atom is -0.493 e. The number of imidazole rings is 1. The molecule has 2 aromatic carbocycles. The number of fused-ring (bicyclic) bond motifs is 1. The molecule has 1 aromatic heterocycles. The fourth-order valence-corrected chi connectivity index (χ4v) is 3.26. The molecule has 0 aliphatic heterocycles. The van der Waals surface area contributed by atoms with Gasteiger partial charge in [0, 0.05) is 4.47 Å². The Hall–Kier alpha value is -2.68. The van der Waals surface area contributed by atoms with E-state index in [1.165, 1.54) is 14.2 Å². The molecule has 0 unspecified atom stereocenters. The van der Waals surface area contributed by atoms with Gasteiger partial charge < -0.3 is 14.2 Å². The molecule has 0 saturated carbocycles. The van der Waals surface area contributed by atoms with Crippen LogP contribution < -0.4 is 9.47 Å². The predicted octanol–water partition coefficient (Wildman–Crippen LogP) is 4.50. The number of ether oxygens (including phenoxy) is 3. The van der Waals surface area contributed by atoms with Crippen LogP contribution >= 0.6 is 15.9 Å². The van der Waals surface area contributed by atoms with Gasteiger partial charge in [0.2, 0.25) is 0 Å². The summed E-state index contributed by atoms with van der Waals surface area (Å²) in [7, 11) is 3.00. The van der Waals surface area contributed by atoms with Gasteiger partial charge in [-0.2, -0.15) is 8.78 Å². The van der Waals surface area contributed by atoms with Crippen molar-refractivity contribution in [1.82, 2.24) is 9.55 Å². The topological polar surface area (TPSA) is 62.6 Å². The largest absolute Gasteiger partial charge is 0.493 e. The summed E-state index contributed by atoms with van der Waals surface area (Å²) >= 11 is 3.37. The van der Waals surface area contributed by atoms with Gasteiger partial charge in [-0.05, 0) is 29.8 Å². The fraction of sp³-hybridized carbons (Fsp3) is 0.263. The molecule has 6 nitrogen and oxygen atoms in total. The van der Waals surface area contributed by atoms with Crippen LogP contribution in [0.2, 0.25) is 0 Å². The highest BCUT2D eigenvalue weighted by Gasteiger charge is 2.19. The lowest BCUT2D eigenvalue weighted by atomic mass is 10.1. The molecule has 3 aromatic rings. The van der Waals surface area contributed by atoms with E-state index in [0.717, 1.165) is 4.57 Å². The number of rotatable bonds is 7. The standard InChI is InChI=1S/C19H17BrF2N2O4/c1-26-15-7-11(12(20)9-16(15)27-2)8-18(25)28-10-17-23-13-5-3-4-6-14(13)24(17)19(21)22/h3-7,9,19H,8,10H2,1-2H3. The number of alkyl halides is 2. The molecule has 0 bridgehead atoms. The summed E-state index contributed by atoms with van der Waals surface area (Å²) in [6.07, 6.45) is -0.0736. The van der Waals surface area contributed by atoms with E-state index in [-0.39, 0.29) is 24.4 Å². The number of benzene rings is 2. The van der Waals surface area contributed by atoms with Crippen LogP contribution in [0.1, 0.15) is 17.9 Å². The van der Waals surface area contributed by atoms with Crippen molar-refractivity contribution in [1.29, 1.82) is 0 Å². The van der Waals surface area contributed by atoms with Crippen molar-refractivity contribution in [3.63, 3.8) is 0 Å². The maximum Gasteiger partial charge on any atom is 0.320 e. The number of carbonyl (C=O) groups is 1. The lowest BCUT2D eigenvalue weighted by Crippen LogP contribution is -2.12. The summed E-state index contributed by atoms with van der Waals surface area (Å²) in [6.45, 7) is -3.15. The normalized spacial score (nSPS) is 11.1. The molecule has 0 spiro atoms. The van der Waals surface area contributed by atoms with Gasteiger partial charge in [-0.25, -0.2) is 4.98 Å². The van der Waals surface area contributed by atoms with Gasteiger partial charge in [-0.15, -0.1) is 0 Å². The van der Waals surface area contributed by atoms with Gasteiger partial charge in [0.25, 0.3) is 0 Å². The zero-order chi connectivity index (χ0) is 20.3. The van der Waals surface area contributed by atoms with Crippen LogP contribution in [0.25, 0.3) is 11.0 Å². The summed E-state index contributed by atoms with van der Waals surface area (Å²) in [5, 5.41) is 0. The Morgan fingerprint density at radius 1 is 1.18 bits per heavy atom. The van der Waals surface area contributed by atoms with Gasteiger partial charge in [0.05, 0.1) is 31.7 Å². The number of aromatic nitrogens is 2. The van der Waals surface area contributed by atoms with Gasteiger partial charge in [0.15, 0.2) is 17.3 Å². The molecule has 0 aliphatic rings. The first kappa shape index (κ1) is 20.1. The summed E-state index contributed by atoms with van der Waals surface area (Å²) in [4.78, 5) is 16.4. The Labute approximate surface area is 168 Å². The van der Waals surface area contributed by atoms with Crippen molar-refractivity contribution in [3.8, 4) is 11.5 Å². The maximum atomic E-state index is 13.4. The third-order valence-electron chi connectivity index (χ3n) is 4.11. The van der Waals surface area contributed by atoms with E-state index in [9.17, 15) is 13.6 Å². The molecule has 0 saturated heterocycles. The number of hydrogen-bond acceptors (Lipinski definition) is 5. The number of para-hydroxylation sites is 2. The van der Waals surface area contributed by atoms with Crippen molar-refractivity contribution in [3.05, 3.63) is 52.3 Å². The van der Waals surface area contributed by atoms with Gasteiger partial charge in [-0.1, -0.05) is 28.1 Å². The first-order chi connectivity index (χ1) is 13.4.